The molecule has 4 rings (SSSR count). The third kappa shape index (κ3) is 3.29. The van der Waals surface area contributed by atoms with Crippen LogP contribution >= 0.6 is 0 Å². The van der Waals surface area contributed by atoms with E-state index >= 15 is 0 Å². The SMILES string of the molecule is O=C1CCN(c2cccc3c2CCN3C(=O)OCc2ccccc2)CC1. The van der Waals surface area contributed by atoms with Gasteiger partial charge in [-0.05, 0) is 24.1 Å². The molecule has 2 aromatic carbocycles. The highest BCUT2D eigenvalue weighted by Crippen LogP contribution is 2.36. The van der Waals surface area contributed by atoms with Crippen LogP contribution in [0.3, 0.4) is 0 Å². The molecule has 2 aliphatic heterocycles. The lowest BCUT2D eigenvalue weighted by Crippen LogP contribution is -2.34. The first-order valence-corrected chi connectivity index (χ1v) is 9.09. The number of anilines is 2. The molecule has 1 fully saturated rings. The summed E-state index contributed by atoms with van der Waals surface area (Å²) in [5.74, 6) is 0.333. The van der Waals surface area contributed by atoms with E-state index in [1.165, 1.54) is 5.56 Å². The molecule has 0 saturated carbocycles. The fourth-order valence-corrected chi connectivity index (χ4v) is 3.70. The molecule has 0 radical (unpaired) electrons. The largest absolute Gasteiger partial charge is 0.444 e. The summed E-state index contributed by atoms with van der Waals surface area (Å²) < 4.78 is 5.50. The molecule has 0 aliphatic carbocycles. The van der Waals surface area contributed by atoms with Crippen LogP contribution in [0.2, 0.25) is 0 Å². The van der Waals surface area contributed by atoms with Gasteiger partial charge in [0.15, 0.2) is 0 Å². The van der Waals surface area contributed by atoms with E-state index in [0.29, 0.717) is 25.2 Å². The molecule has 5 heteroatoms. The molecule has 2 heterocycles. The molecule has 2 aliphatic rings. The van der Waals surface area contributed by atoms with E-state index in [1.807, 2.05) is 42.5 Å². The van der Waals surface area contributed by atoms with Crippen molar-refractivity contribution in [3.05, 3.63) is 59.7 Å². The van der Waals surface area contributed by atoms with Crippen LogP contribution in [0.15, 0.2) is 48.5 Å². The summed E-state index contributed by atoms with van der Waals surface area (Å²) >= 11 is 0. The van der Waals surface area contributed by atoms with Crippen molar-refractivity contribution in [3.8, 4) is 0 Å². The van der Waals surface area contributed by atoms with Gasteiger partial charge in [-0.3, -0.25) is 9.69 Å². The number of rotatable bonds is 3. The van der Waals surface area contributed by atoms with Crippen LogP contribution in [0.1, 0.15) is 24.0 Å². The van der Waals surface area contributed by atoms with E-state index in [0.717, 1.165) is 36.4 Å². The molecule has 0 spiro atoms. The molecule has 0 atom stereocenters. The Hall–Kier alpha value is -2.82. The fourth-order valence-electron chi connectivity index (χ4n) is 3.70. The van der Waals surface area contributed by atoms with Crippen LogP contribution in [0, 0.1) is 0 Å². The number of hydrogen-bond acceptors (Lipinski definition) is 4. The molecule has 1 amide bonds. The number of amides is 1. The van der Waals surface area contributed by atoms with Gasteiger partial charge in [-0.1, -0.05) is 36.4 Å². The van der Waals surface area contributed by atoms with Gasteiger partial charge in [-0.25, -0.2) is 4.79 Å². The number of ketones is 1. The number of fused-ring (bicyclic) bond motifs is 1. The van der Waals surface area contributed by atoms with Gasteiger partial charge >= 0.3 is 6.09 Å². The highest BCUT2D eigenvalue weighted by Gasteiger charge is 2.29. The lowest BCUT2D eigenvalue weighted by molar-refractivity contribution is -0.119. The van der Waals surface area contributed by atoms with Crippen LogP contribution in [-0.2, 0) is 22.6 Å². The van der Waals surface area contributed by atoms with Gasteiger partial charge in [0.25, 0.3) is 0 Å². The topological polar surface area (TPSA) is 49.9 Å². The van der Waals surface area contributed by atoms with Crippen molar-refractivity contribution in [2.75, 3.05) is 29.4 Å². The van der Waals surface area contributed by atoms with Crippen molar-refractivity contribution in [2.24, 2.45) is 0 Å². The Morgan fingerprint density at radius 3 is 2.38 bits per heavy atom. The highest BCUT2D eigenvalue weighted by atomic mass is 16.6. The van der Waals surface area contributed by atoms with Gasteiger partial charge in [0.2, 0.25) is 0 Å². The normalized spacial score (nSPS) is 16.5. The molecule has 1 saturated heterocycles. The van der Waals surface area contributed by atoms with Gasteiger partial charge in [-0.2, -0.15) is 0 Å². The molecular weight excluding hydrogens is 328 g/mol. The Balaban J connectivity index is 1.48. The summed E-state index contributed by atoms with van der Waals surface area (Å²) in [6.07, 6.45) is 1.72. The summed E-state index contributed by atoms with van der Waals surface area (Å²) in [5.41, 5.74) is 4.23. The van der Waals surface area contributed by atoms with Crippen molar-refractivity contribution in [1.29, 1.82) is 0 Å². The zero-order chi connectivity index (χ0) is 17.9. The molecule has 0 bridgehead atoms. The van der Waals surface area contributed by atoms with E-state index < -0.39 is 0 Å². The molecule has 0 aromatic heterocycles. The predicted molar refractivity (Wildman–Crippen MR) is 101 cm³/mol. The van der Waals surface area contributed by atoms with Crippen molar-refractivity contribution in [3.63, 3.8) is 0 Å². The van der Waals surface area contributed by atoms with Crippen molar-refractivity contribution >= 4 is 23.3 Å². The van der Waals surface area contributed by atoms with Crippen LogP contribution in [0.4, 0.5) is 16.2 Å². The van der Waals surface area contributed by atoms with E-state index in [2.05, 4.69) is 11.0 Å². The molecule has 2 aromatic rings. The van der Waals surface area contributed by atoms with Gasteiger partial charge < -0.3 is 9.64 Å². The molecule has 26 heavy (non-hydrogen) atoms. The number of hydrogen-bond donors (Lipinski definition) is 0. The van der Waals surface area contributed by atoms with Crippen LogP contribution in [0.25, 0.3) is 0 Å². The lowest BCUT2D eigenvalue weighted by atomic mass is 10.0. The van der Waals surface area contributed by atoms with Crippen molar-refractivity contribution in [2.45, 2.75) is 25.9 Å². The molecular formula is C21H22N2O3. The first-order chi connectivity index (χ1) is 12.7. The number of carbonyl (C=O) groups excluding carboxylic acids is 2. The molecule has 0 unspecified atom stereocenters. The van der Waals surface area contributed by atoms with Gasteiger partial charge in [0.1, 0.15) is 12.4 Å². The standard InChI is InChI=1S/C21H22N2O3/c24-17-9-12-22(13-10-17)19-7-4-8-20-18(19)11-14-23(20)21(25)26-15-16-5-2-1-3-6-16/h1-8H,9-15H2. The first kappa shape index (κ1) is 16.6. The zero-order valence-electron chi connectivity index (χ0n) is 14.7. The second-order valence-electron chi connectivity index (χ2n) is 6.74. The van der Waals surface area contributed by atoms with Gasteiger partial charge in [0, 0.05) is 43.7 Å². The Kier molecular flexibility index (Phi) is 4.61. The van der Waals surface area contributed by atoms with Crippen LogP contribution in [-0.4, -0.2) is 31.5 Å². The maximum absolute atomic E-state index is 12.6. The number of nitrogens with zero attached hydrogens (tertiary/aromatic N) is 2. The first-order valence-electron chi connectivity index (χ1n) is 9.09. The minimum absolute atomic E-state index is 0.277. The van der Waals surface area contributed by atoms with Crippen LogP contribution < -0.4 is 9.80 Å². The summed E-state index contributed by atoms with van der Waals surface area (Å²) in [7, 11) is 0. The summed E-state index contributed by atoms with van der Waals surface area (Å²) in [4.78, 5) is 28.0. The fraction of sp³-hybridized carbons (Fsp3) is 0.333. The number of ether oxygens (including phenoxy) is 1. The number of Topliss-reactive ketones (excluding diaryl/α,β-unsaturated/α-hetero) is 1. The monoisotopic (exact) mass is 350 g/mol. The van der Waals surface area contributed by atoms with E-state index in [-0.39, 0.29) is 12.7 Å². The maximum atomic E-state index is 12.6. The van der Waals surface area contributed by atoms with Crippen molar-refractivity contribution < 1.29 is 14.3 Å². The molecule has 134 valence electrons. The van der Waals surface area contributed by atoms with E-state index in [9.17, 15) is 9.59 Å². The highest BCUT2D eigenvalue weighted by molar-refractivity contribution is 5.92. The maximum Gasteiger partial charge on any atom is 0.414 e. The zero-order valence-corrected chi connectivity index (χ0v) is 14.7. The second kappa shape index (κ2) is 7.20. The molecule has 5 nitrogen and oxygen atoms in total. The minimum atomic E-state index is -0.307. The summed E-state index contributed by atoms with van der Waals surface area (Å²) in [6.45, 7) is 2.42. The average Bonchev–Trinajstić information content (AvgIpc) is 3.12. The van der Waals surface area contributed by atoms with Gasteiger partial charge in [-0.15, -0.1) is 0 Å². The van der Waals surface area contributed by atoms with Crippen molar-refractivity contribution in [1.82, 2.24) is 0 Å². The minimum Gasteiger partial charge on any atom is -0.444 e. The summed E-state index contributed by atoms with van der Waals surface area (Å²) in [6, 6.07) is 15.7. The Labute approximate surface area is 153 Å². The number of carbonyl (C=O) groups is 2. The average molecular weight is 350 g/mol. The summed E-state index contributed by atoms with van der Waals surface area (Å²) in [5, 5.41) is 0. The van der Waals surface area contributed by atoms with E-state index in [1.54, 1.807) is 4.90 Å². The predicted octanol–water partition coefficient (Wildman–Crippen LogP) is 3.56. The third-order valence-corrected chi connectivity index (χ3v) is 5.09. The Morgan fingerprint density at radius 1 is 0.885 bits per heavy atom. The second-order valence-corrected chi connectivity index (χ2v) is 6.74. The quantitative estimate of drug-likeness (QED) is 0.849. The number of piperidine rings is 1. The Morgan fingerprint density at radius 2 is 1.62 bits per heavy atom. The smallest absolute Gasteiger partial charge is 0.414 e. The Bertz CT molecular complexity index is 809. The lowest BCUT2D eigenvalue weighted by Gasteiger charge is -2.30. The number of benzene rings is 2. The molecule has 0 N–H and O–H groups in total. The third-order valence-electron chi connectivity index (χ3n) is 5.09. The van der Waals surface area contributed by atoms with Gasteiger partial charge in [0.05, 0.1) is 5.69 Å². The van der Waals surface area contributed by atoms with Crippen LogP contribution in [0.5, 0.6) is 0 Å². The van der Waals surface area contributed by atoms with E-state index in [4.69, 9.17) is 4.74 Å².